The highest BCUT2D eigenvalue weighted by atomic mass is 16.5. The molecule has 0 aromatic heterocycles. The Kier molecular flexibility index (Phi) is 2.80. The summed E-state index contributed by atoms with van der Waals surface area (Å²) in [5, 5.41) is 3.55. The second kappa shape index (κ2) is 3.98. The van der Waals surface area contributed by atoms with Crippen molar-refractivity contribution in [3.8, 4) is 0 Å². The summed E-state index contributed by atoms with van der Waals surface area (Å²) in [6.07, 6.45) is 1.28. The number of ether oxygens (including phenoxy) is 1. The molecular formula is C13H20N2O. The zero-order valence-electron chi connectivity index (χ0n) is 10.2. The van der Waals surface area contributed by atoms with Crippen LogP contribution in [0.3, 0.4) is 0 Å². The fourth-order valence-electron chi connectivity index (χ4n) is 2.08. The quantitative estimate of drug-likeness (QED) is 0.753. The van der Waals surface area contributed by atoms with Crippen LogP contribution in [0.2, 0.25) is 0 Å². The van der Waals surface area contributed by atoms with Crippen molar-refractivity contribution in [1.29, 1.82) is 0 Å². The average molecular weight is 220 g/mol. The van der Waals surface area contributed by atoms with Gasteiger partial charge in [-0.2, -0.15) is 0 Å². The van der Waals surface area contributed by atoms with Crippen molar-refractivity contribution < 1.29 is 4.74 Å². The minimum atomic E-state index is 0.0303. The number of hydrogen-bond acceptors (Lipinski definition) is 3. The molecule has 3 nitrogen and oxygen atoms in total. The molecular weight excluding hydrogens is 200 g/mol. The molecule has 1 heterocycles. The van der Waals surface area contributed by atoms with Crippen LogP contribution in [0.4, 0.5) is 11.4 Å². The van der Waals surface area contributed by atoms with Crippen LogP contribution >= 0.6 is 0 Å². The number of benzene rings is 1. The summed E-state index contributed by atoms with van der Waals surface area (Å²) >= 11 is 0. The van der Waals surface area contributed by atoms with Crippen molar-refractivity contribution >= 4 is 11.4 Å². The number of aryl methyl sites for hydroxylation is 1. The van der Waals surface area contributed by atoms with E-state index in [4.69, 9.17) is 10.5 Å². The predicted molar refractivity (Wildman–Crippen MR) is 67.7 cm³/mol. The van der Waals surface area contributed by atoms with Crippen LogP contribution in [0, 0.1) is 6.92 Å². The molecule has 0 spiro atoms. The first-order valence-electron chi connectivity index (χ1n) is 5.77. The van der Waals surface area contributed by atoms with Gasteiger partial charge in [0.15, 0.2) is 0 Å². The van der Waals surface area contributed by atoms with Crippen LogP contribution in [0.15, 0.2) is 18.2 Å². The van der Waals surface area contributed by atoms with Crippen LogP contribution in [0.1, 0.15) is 25.8 Å². The van der Waals surface area contributed by atoms with Crippen molar-refractivity contribution in [2.45, 2.75) is 38.8 Å². The van der Waals surface area contributed by atoms with Gasteiger partial charge >= 0.3 is 0 Å². The molecule has 1 aromatic carbocycles. The van der Waals surface area contributed by atoms with Crippen LogP contribution in [0.25, 0.3) is 0 Å². The summed E-state index contributed by atoms with van der Waals surface area (Å²) in [4.78, 5) is 0. The van der Waals surface area contributed by atoms with Crippen molar-refractivity contribution in [1.82, 2.24) is 0 Å². The molecule has 3 heteroatoms. The van der Waals surface area contributed by atoms with Gasteiger partial charge in [-0.15, -0.1) is 0 Å². The third-order valence-electron chi connectivity index (χ3n) is 3.59. The fraction of sp³-hybridized carbons (Fsp3) is 0.538. The Morgan fingerprint density at radius 2 is 2.25 bits per heavy atom. The molecule has 1 fully saturated rings. The van der Waals surface area contributed by atoms with Crippen LogP contribution < -0.4 is 11.1 Å². The summed E-state index contributed by atoms with van der Waals surface area (Å²) < 4.78 is 5.61. The van der Waals surface area contributed by atoms with Crippen molar-refractivity contribution in [3.05, 3.63) is 23.8 Å². The zero-order valence-corrected chi connectivity index (χ0v) is 10.2. The molecule has 1 aliphatic rings. The number of nitrogens with one attached hydrogen (secondary N) is 1. The molecule has 0 aliphatic carbocycles. The smallest absolute Gasteiger partial charge is 0.0774 e. The lowest BCUT2D eigenvalue weighted by Crippen LogP contribution is -2.41. The lowest BCUT2D eigenvalue weighted by molar-refractivity contribution is 0.105. The van der Waals surface area contributed by atoms with E-state index in [1.165, 1.54) is 0 Å². The van der Waals surface area contributed by atoms with Crippen LogP contribution in [0.5, 0.6) is 0 Å². The lowest BCUT2D eigenvalue weighted by atomic mass is 9.94. The minimum Gasteiger partial charge on any atom is -0.399 e. The van der Waals surface area contributed by atoms with Gasteiger partial charge in [0.05, 0.1) is 11.6 Å². The molecule has 1 saturated heterocycles. The molecule has 88 valence electrons. The number of hydrogen-bond donors (Lipinski definition) is 2. The van der Waals surface area contributed by atoms with Crippen molar-refractivity contribution in [3.63, 3.8) is 0 Å². The van der Waals surface area contributed by atoms with Gasteiger partial charge in [0.25, 0.3) is 0 Å². The second-order valence-corrected chi connectivity index (χ2v) is 4.88. The summed E-state index contributed by atoms with van der Waals surface area (Å²) in [7, 11) is 0. The summed E-state index contributed by atoms with van der Waals surface area (Å²) in [5.41, 5.74) is 8.90. The highest BCUT2D eigenvalue weighted by Gasteiger charge is 2.36. The lowest BCUT2D eigenvalue weighted by Gasteiger charge is -2.30. The van der Waals surface area contributed by atoms with Gasteiger partial charge in [-0.05, 0) is 51.0 Å². The standard InChI is InChI=1S/C13H20N2O/c1-9-8-11(4-5-12(9)14)15-13(3)6-7-16-10(13)2/h4-5,8,10,15H,6-7,14H2,1-3H3. The molecule has 1 aliphatic heterocycles. The molecule has 0 amide bonds. The van der Waals surface area contributed by atoms with Crippen LogP contribution in [-0.4, -0.2) is 18.2 Å². The van der Waals surface area contributed by atoms with Gasteiger partial charge in [-0.3, -0.25) is 0 Å². The van der Waals surface area contributed by atoms with Gasteiger partial charge < -0.3 is 15.8 Å². The third-order valence-corrected chi connectivity index (χ3v) is 3.59. The molecule has 2 rings (SSSR count). The molecule has 16 heavy (non-hydrogen) atoms. The van der Waals surface area contributed by atoms with Gasteiger partial charge in [0, 0.05) is 18.0 Å². The number of nitrogen functional groups attached to an aromatic ring is 1. The zero-order chi connectivity index (χ0) is 11.8. The first-order chi connectivity index (χ1) is 7.51. The highest BCUT2D eigenvalue weighted by Crippen LogP contribution is 2.30. The summed E-state index contributed by atoms with van der Waals surface area (Å²) in [6, 6.07) is 6.06. The second-order valence-electron chi connectivity index (χ2n) is 4.88. The molecule has 3 N–H and O–H groups in total. The van der Waals surface area contributed by atoms with Crippen molar-refractivity contribution in [2.24, 2.45) is 0 Å². The van der Waals surface area contributed by atoms with E-state index < -0.39 is 0 Å². The van der Waals surface area contributed by atoms with E-state index in [1.807, 2.05) is 19.1 Å². The topological polar surface area (TPSA) is 47.3 Å². The first-order valence-corrected chi connectivity index (χ1v) is 5.77. The molecule has 2 atom stereocenters. The maximum Gasteiger partial charge on any atom is 0.0774 e. The van der Waals surface area contributed by atoms with E-state index in [0.29, 0.717) is 0 Å². The monoisotopic (exact) mass is 220 g/mol. The van der Waals surface area contributed by atoms with Crippen molar-refractivity contribution in [2.75, 3.05) is 17.7 Å². The Labute approximate surface area is 97.0 Å². The fourth-order valence-corrected chi connectivity index (χ4v) is 2.08. The van der Waals surface area contributed by atoms with Gasteiger partial charge in [0.2, 0.25) is 0 Å². The molecule has 0 saturated carbocycles. The highest BCUT2D eigenvalue weighted by molar-refractivity contribution is 5.57. The van der Waals surface area contributed by atoms with E-state index in [1.54, 1.807) is 0 Å². The number of anilines is 2. The Morgan fingerprint density at radius 3 is 2.81 bits per heavy atom. The Balaban J connectivity index is 2.17. The maximum absolute atomic E-state index is 5.80. The molecule has 1 aromatic rings. The average Bonchev–Trinajstić information content (AvgIpc) is 2.53. The Morgan fingerprint density at radius 1 is 1.50 bits per heavy atom. The van der Waals surface area contributed by atoms with E-state index in [-0.39, 0.29) is 11.6 Å². The van der Waals surface area contributed by atoms with E-state index in [0.717, 1.165) is 30.0 Å². The van der Waals surface area contributed by atoms with Crippen LogP contribution in [-0.2, 0) is 4.74 Å². The van der Waals surface area contributed by atoms with E-state index in [9.17, 15) is 0 Å². The Bertz CT molecular complexity index is 392. The van der Waals surface area contributed by atoms with Gasteiger partial charge in [0.1, 0.15) is 0 Å². The Hall–Kier alpha value is -1.22. The maximum atomic E-state index is 5.80. The largest absolute Gasteiger partial charge is 0.399 e. The van der Waals surface area contributed by atoms with Gasteiger partial charge in [-0.25, -0.2) is 0 Å². The number of nitrogens with two attached hydrogens (primary N) is 1. The minimum absolute atomic E-state index is 0.0303. The molecule has 0 radical (unpaired) electrons. The summed E-state index contributed by atoms with van der Waals surface area (Å²) in [6.45, 7) is 7.18. The first kappa shape index (κ1) is 11.3. The van der Waals surface area contributed by atoms with Gasteiger partial charge in [-0.1, -0.05) is 0 Å². The normalized spacial score (nSPS) is 29.3. The predicted octanol–water partition coefficient (Wildman–Crippen LogP) is 2.56. The summed E-state index contributed by atoms with van der Waals surface area (Å²) in [5.74, 6) is 0. The van der Waals surface area contributed by atoms with E-state index >= 15 is 0 Å². The van der Waals surface area contributed by atoms with E-state index in [2.05, 4.69) is 25.2 Å². The third kappa shape index (κ3) is 2.00. The molecule has 2 unspecified atom stereocenters. The molecule has 0 bridgehead atoms. The SMILES string of the molecule is Cc1cc(NC2(C)CCOC2C)ccc1N. The number of rotatable bonds is 2.